The molecule has 1 heterocycles. The lowest BCUT2D eigenvalue weighted by atomic mass is 10.1. The van der Waals surface area contributed by atoms with Gasteiger partial charge in [0.05, 0.1) is 5.52 Å². The van der Waals surface area contributed by atoms with Crippen molar-refractivity contribution in [3.05, 3.63) is 89.2 Å². The van der Waals surface area contributed by atoms with E-state index in [9.17, 15) is 9.18 Å². The van der Waals surface area contributed by atoms with Gasteiger partial charge in [-0.25, -0.2) is 9.37 Å². The molecule has 0 saturated carbocycles. The summed E-state index contributed by atoms with van der Waals surface area (Å²) in [6.45, 7) is 4.08. The number of fused-ring (bicyclic) bond motifs is 1. The van der Waals surface area contributed by atoms with Crippen molar-refractivity contribution in [3.8, 4) is 0 Å². The van der Waals surface area contributed by atoms with Gasteiger partial charge in [-0.15, -0.1) is 0 Å². The van der Waals surface area contributed by atoms with E-state index in [1.165, 1.54) is 24.3 Å². The Hall–Kier alpha value is -4.00. The highest BCUT2D eigenvalue weighted by molar-refractivity contribution is 6.04. The van der Waals surface area contributed by atoms with Gasteiger partial charge >= 0.3 is 0 Å². The van der Waals surface area contributed by atoms with Crippen LogP contribution in [0.2, 0.25) is 0 Å². The normalized spacial score (nSPS) is 11.8. The van der Waals surface area contributed by atoms with Gasteiger partial charge in [0.15, 0.2) is 0 Å². The van der Waals surface area contributed by atoms with E-state index < -0.39 is 0 Å². The van der Waals surface area contributed by atoms with E-state index >= 15 is 0 Å². The highest BCUT2D eigenvalue weighted by Crippen LogP contribution is 2.28. The lowest BCUT2D eigenvalue weighted by Gasteiger charge is -2.18. The second-order valence-corrected chi connectivity index (χ2v) is 7.57. The second-order valence-electron chi connectivity index (χ2n) is 7.57. The van der Waals surface area contributed by atoms with Crippen LogP contribution in [0, 0.1) is 12.7 Å². The molecule has 32 heavy (non-hydrogen) atoms. The number of anilines is 3. The molecule has 0 aliphatic carbocycles. The number of halogens is 1. The highest BCUT2D eigenvalue weighted by Gasteiger charge is 2.13. The minimum absolute atomic E-state index is 0.0276. The molecule has 0 radical (unpaired) electrons. The Kier molecular flexibility index (Phi) is 5.98. The summed E-state index contributed by atoms with van der Waals surface area (Å²) in [6, 6.07) is 19.0. The Bertz CT molecular complexity index is 1260. The van der Waals surface area contributed by atoms with Gasteiger partial charge in [0.2, 0.25) is 5.95 Å². The number of aromatic nitrogens is 2. The summed E-state index contributed by atoms with van der Waals surface area (Å²) in [5.74, 6) is 0.650. The Morgan fingerprint density at radius 3 is 2.38 bits per heavy atom. The van der Waals surface area contributed by atoms with Crippen LogP contribution in [-0.4, -0.2) is 22.9 Å². The van der Waals surface area contributed by atoms with Crippen LogP contribution in [0.4, 0.5) is 21.8 Å². The molecule has 1 atom stereocenters. The van der Waals surface area contributed by atoms with Crippen LogP contribution in [0.5, 0.6) is 0 Å². The molecule has 6 nitrogen and oxygen atoms in total. The molecule has 0 saturated heterocycles. The van der Waals surface area contributed by atoms with Gasteiger partial charge in [-0.05, 0) is 67.4 Å². The van der Waals surface area contributed by atoms with Crippen molar-refractivity contribution >= 4 is 34.3 Å². The van der Waals surface area contributed by atoms with Crippen molar-refractivity contribution in [2.75, 3.05) is 23.0 Å². The fraction of sp³-hybridized carbons (Fsp3) is 0.160. The van der Waals surface area contributed by atoms with E-state index in [1.54, 1.807) is 7.05 Å². The zero-order valence-corrected chi connectivity index (χ0v) is 18.1. The second kappa shape index (κ2) is 9.01. The van der Waals surface area contributed by atoms with E-state index in [0.29, 0.717) is 17.2 Å². The minimum Gasteiger partial charge on any atom is -0.363 e. The lowest BCUT2D eigenvalue weighted by molar-refractivity contribution is 0.102. The number of hydrogen-bond donors (Lipinski definition) is 3. The molecule has 0 aliphatic rings. The summed E-state index contributed by atoms with van der Waals surface area (Å²) in [4.78, 5) is 21.5. The zero-order chi connectivity index (χ0) is 22.7. The largest absolute Gasteiger partial charge is 0.363 e. The fourth-order valence-corrected chi connectivity index (χ4v) is 3.47. The van der Waals surface area contributed by atoms with E-state index in [0.717, 1.165) is 27.8 Å². The van der Waals surface area contributed by atoms with Crippen LogP contribution < -0.4 is 16.0 Å². The molecule has 1 amide bonds. The Balaban J connectivity index is 1.51. The standard InChI is InChI=1S/C25H24FN5O/c1-15-5-4-6-21-22(15)30-25(27-3)31-23(21)28-16(2)17-9-13-20(14-10-17)29-24(32)18-7-11-19(26)12-8-18/h4-14,16H,1-3H3,(H,29,32)(H2,27,28,30,31)/t16-/m1/s1. The van der Waals surface area contributed by atoms with Crippen molar-refractivity contribution in [1.82, 2.24) is 9.97 Å². The maximum Gasteiger partial charge on any atom is 0.255 e. The van der Waals surface area contributed by atoms with Gasteiger partial charge in [0.25, 0.3) is 5.91 Å². The van der Waals surface area contributed by atoms with Crippen molar-refractivity contribution in [2.24, 2.45) is 0 Å². The Morgan fingerprint density at radius 1 is 0.969 bits per heavy atom. The topological polar surface area (TPSA) is 78.9 Å². The van der Waals surface area contributed by atoms with Gasteiger partial charge in [0.1, 0.15) is 11.6 Å². The van der Waals surface area contributed by atoms with Crippen molar-refractivity contribution < 1.29 is 9.18 Å². The maximum atomic E-state index is 13.1. The molecular formula is C25H24FN5O. The third-order valence-electron chi connectivity index (χ3n) is 5.28. The van der Waals surface area contributed by atoms with Crippen molar-refractivity contribution in [1.29, 1.82) is 0 Å². The van der Waals surface area contributed by atoms with Crippen LogP contribution >= 0.6 is 0 Å². The lowest BCUT2D eigenvalue weighted by Crippen LogP contribution is -2.13. The third-order valence-corrected chi connectivity index (χ3v) is 5.28. The number of rotatable bonds is 6. The monoisotopic (exact) mass is 429 g/mol. The third kappa shape index (κ3) is 4.51. The average Bonchev–Trinajstić information content (AvgIpc) is 2.80. The summed E-state index contributed by atoms with van der Waals surface area (Å²) >= 11 is 0. The van der Waals surface area contributed by atoms with E-state index in [1.807, 2.05) is 49.4 Å². The Morgan fingerprint density at radius 2 is 1.69 bits per heavy atom. The summed E-state index contributed by atoms with van der Waals surface area (Å²) in [6.07, 6.45) is 0. The number of nitrogens with zero attached hydrogens (tertiary/aromatic N) is 2. The number of amides is 1. The van der Waals surface area contributed by atoms with Gasteiger partial charge in [-0.1, -0.05) is 24.3 Å². The number of benzene rings is 3. The number of nitrogens with one attached hydrogen (secondary N) is 3. The maximum absolute atomic E-state index is 13.1. The number of aryl methyl sites for hydroxylation is 1. The van der Waals surface area contributed by atoms with Crippen LogP contribution in [0.1, 0.15) is 34.5 Å². The highest BCUT2D eigenvalue weighted by atomic mass is 19.1. The van der Waals surface area contributed by atoms with Crippen LogP contribution in [0.3, 0.4) is 0 Å². The fourth-order valence-electron chi connectivity index (χ4n) is 3.47. The molecule has 0 spiro atoms. The first-order valence-electron chi connectivity index (χ1n) is 10.3. The zero-order valence-electron chi connectivity index (χ0n) is 18.1. The Labute approximate surface area is 185 Å². The summed E-state index contributed by atoms with van der Waals surface area (Å²) in [7, 11) is 1.80. The first-order valence-corrected chi connectivity index (χ1v) is 10.3. The first-order chi connectivity index (χ1) is 15.4. The first kappa shape index (κ1) is 21.2. The summed E-state index contributed by atoms with van der Waals surface area (Å²) in [5, 5.41) is 10.3. The molecule has 1 aromatic heterocycles. The van der Waals surface area contributed by atoms with E-state index in [2.05, 4.69) is 32.8 Å². The number of carbonyl (C=O) groups excluding carboxylic acids is 1. The molecular weight excluding hydrogens is 405 g/mol. The molecule has 4 aromatic rings. The average molecular weight is 429 g/mol. The predicted molar refractivity (Wildman–Crippen MR) is 127 cm³/mol. The molecule has 0 bridgehead atoms. The van der Waals surface area contributed by atoms with Gasteiger partial charge < -0.3 is 16.0 Å². The molecule has 162 valence electrons. The predicted octanol–water partition coefficient (Wildman–Crippen LogP) is 5.54. The van der Waals surface area contributed by atoms with E-state index in [-0.39, 0.29) is 17.8 Å². The van der Waals surface area contributed by atoms with Crippen LogP contribution in [-0.2, 0) is 0 Å². The van der Waals surface area contributed by atoms with Gasteiger partial charge in [-0.2, -0.15) is 4.98 Å². The molecule has 3 aromatic carbocycles. The SMILES string of the molecule is CNc1nc(N[C@H](C)c2ccc(NC(=O)c3ccc(F)cc3)cc2)c2cccc(C)c2n1. The molecule has 3 N–H and O–H groups in total. The van der Waals surface area contributed by atoms with Crippen LogP contribution in [0.15, 0.2) is 66.7 Å². The molecule has 0 unspecified atom stereocenters. The minimum atomic E-state index is -0.374. The number of para-hydroxylation sites is 1. The molecule has 4 rings (SSSR count). The number of carbonyl (C=O) groups is 1. The van der Waals surface area contributed by atoms with E-state index in [4.69, 9.17) is 0 Å². The van der Waals surface area contributed by atoms with Crippen molar-refractivity contribution in [3.63, 3.8) is 0 Å². The van der Waals surface area contributed by atoms with Gasteiger partial charge in [0, 0.05) is 29.7 Å². The van der Waals surface area contributed by atoms with Crippen LogP contribution in [0.25, 0.3) is 10.9 Å². The summed E-state index contributed by atoms with van der Waals surface area (Å²) < 4.78 is 13.1. The smallest absolute Gasteiger partial charge is 0.255 e. The van der Waals surface area contributed by atoms with Gasteiger partial charge in [-0.3, -0.25) is 4.79 Å². The van der Waals surface area contributed by atoms with Crippen molar-refractivity contribution in [2.45, 2.75) is 19.9 Å². The molecule has 0 aliphatic heterocycles. The molecule has 0 fully saturated rings. The molecule has 7 heteroatoms. The quantitative estimate of drug-likeness (QED) is 0.375. The summed E-state index contributed by atoms with van der Waals surface area (Å²) in [5.41, 5.74) is 4.08. The number of hydrogen-bond acceptors (Lipinski definition) is 5.